The Hall–Kier alpha value is -2.43. The van der Waals surface area contributed by atoms with E-state index < -0.39 is 33.8 Å². The van der Waals surface area contributed by atoms with Crippen LogP contribution >= 0.6 is 11.6 Å². The lowest BCUT2D eigenvalue weighted by Crippen LogP contribution is -2.43. The van der Waals surface area contributed by atoms with Gasteiger partial charge in [-0.15, -0.1) is 0 Å². The SMILES string of the molecule is CCOC(=O)c1cc(S(=O)(=O)N2CCC[C@@H]2C(=O)Nc2ccc(F)cc2Cl)cn1C. The number of aromatic nitrogens is 1. The number of hydrogen-bond donors (Lipinski definition) is 1. The predicted octanol–water partition coefficient (Wildman–Crippen LogP) is 2.79. The molecule has 0 unspecified atom stereocenters. The van der Waals surface area contributed by atoms with E-state index in [0.29, 0.717) is 12.8 Å². The van der Waals surface area contributed by atoms with Gasteiger partial charge in [-0.25, -0.2) is 17.6 Å². The van der Waals surface area contributed by atoms with Crippen LogP contribution in [-0.2, 0) is 26.6 Å². The van der Waals surface area contributed by atoms with E-state index in [1.54, 1.807) is 6.92 Å². The van der Waals surface area contributed by atoms with Gasteiger partial charge in [-0.05, 0) is 44.0 Å². The monoisotopic (exact) mass is 457 g/mol. The summed E-state index contributed by atoms with van der Waals surface area (Å²) >= 11 is 5.94. The van der Waals surface area contributed by atoms with E-state index in [0.717, 1.165) is 16.4 Å². The molecule has 0 bridgehead atoms. The smallest absolute Gasteiger partial charge is 0.354 e. The number of benzene rings is 1. The van der Waals surface area contributed by atoms with Gasteiger partial charge in [0.05, 0.1) is 17.3 Å². The highest BCUT2D eigenvalue weighted by Crippen LogP contribution is 2.29. The third-order valence-corrected chi connectivity index (χ3v) is 6.95. The minimum atomic E-state index is -4.04. The Kier molecular flexibility index (Phi) is 6.49. The van der Waals surface area contributed by atoms with Crippen molar-refractivity contribution in [2.24, 2.45) is 7.05 Å². The summed E-state index contributed by atoms with van der Waals surface area (Å²) in [5.41, 5.74) is 0.283. The predicted molar refractivity (Wildman–Crippen MR) is 108 cm³/mol. The molecule has 162 valence electrons. The molecular formula is C19H21ClFN3O5S. The topological polar surface area (TPSA) is 97.7 Å². The van der Waals surface area contributed by atoms with Crippen LogP contribution in [0.4, 0.5) is 10.1 Å². The van der Waals surface area contributed by atoms with Crippen molar-refractivity contribution in [3.8, 4) is 0 Å². The second-order valence-corrected chi connectivity index (χ2v) is 9.08. The maximum atomic E-state index is 13.2. The van der Waals surface area contributed by atoms with E-state index in [-0.39, 0.29) is 34.5 Å². The molecule has 8 nitrogen and oxygen atoms in total. The van der Waals surface area contributed by atoms with Crippen molar-refractivity contribution in [1.82, 2.24) is 8.87 Å². The van der Waals surface area contributed by atoms with Crippen LogP contribution in [0.25, 0.3) is 0 Å². The van der Waals surface area contributed by atoms with Crippen LogP contribution in [0.1, 0.15) is 30.3 Å². The molecule has 0 spiro atoms. The summed E-state index contributed by atoms with van der Waals surface area (Å²) in [5.74, 6) is -1.75. The Morgan fingerprint density at radius 1 is 1.33 bits per heavy atom. The first-order valence-corrected chi connectivity index (χ1v) is 11.1. The molecular weight excluding hydrogens is 437 g/mol. The van der Waals surface area contributed by atoms with Crippen LogP contribution in [0.5, 0.6) is 0 Å². The van der Waals surface area contributed by atoms with E-state index in [2.05, 4.69) is 5.32 Å². The van der Waals surface area contributed by atoms with E-state index in [1.165, 1.54) is 29.9 Å². The highest BCUT2D eigenvalue weighted by Gasteiger charge is 2.40. The number of anilines is 1. The number of carbonyl (C=O) groups is 2. The fourth-order valence-corrected chi connectivity index (χ4v) is 5.26. The molecule has 1 fully saturated rings. The van der Waals surface area contributed by atoms with Crippen molar-refractivity contribution in [3.05, 3.63) is 47.0 Å². The van der Waals surface area contributed by atoms with Gasteiger partial charge in [0.1, 0.15) is 22.4 Å². The molecule has 1 aromatic carbocycles. The highest BCUT2D eigenvalue weighted by atomic mass is 35.5. The second kappa shape index (κ2) is 8.75. The molecule has 3 rings (SSSR count). The first kappa shape index (κ1) is 22.3. The first-order chi connectivity index (χ1) is 14.1. The van der Waals surface area contributed by atoms with Crippen molar-refractivity contribution in [3.63, 3.8) is 0 Å². The lowest BCUT2D eigenvalue weighted by Gasteiger charge is -2.23. The molecule has 0 saturated carbocycles. The number of carbonyl (C=O) groups excluding carboxylic acids is 2. The molecule has 2 aromatic rings. The Balaban J connectivity index is 1.84. The van der Waals surface area contributed by atoms with Gasteiger partial charge in [0, 0.05) is 19.8 Å². The van der Waals surface area contributed by atoms with Crippen LogP contribution in [0.15, 0.2) is 35.4 Å². The fourth-order valence-electron chi connectivity index (χ4n) is 3.32. The number of rotatable bonds is 6. The summed E-state index contributed by atoms with van der Waals surface area (Å²) in [5, 5.41) is 2.57. The van der Waals surface area contributed by atoms with Gasteiger partial charge in [0.15, 0.2) is 0 Å². The summed E-state index contributed by atoms with van der Waals surface area (Å²) in [6, 6.07) is 3.79. The van der Waals surface area contributed by atoms with Gasteiger partial charge >= 0.3 is 5.97 Å². The molecule has 2 heterocycles. The Bertz CT molecular complexity index is 1090. The molecule has 0 radical (unpaired) electrons. The number of nitrogens with zero attached hydrogens (tertiary/aromatic N) is 2. The summed E-state index contributed by atoms with van der Waals surface area (Å²) in [6.07, 6.45) is 2.12. The molecule has 1 aliphatic rings. The molecule has 0 aliphatic carbocycles. The lowest BCUT2D eigenvalue weighted by molar-refractivity contribution is -0.119. The van der Waals surface area contributed by atoms with E-state index in [4.69, 9.17) is 16.3 Å². The summed E-state index contributed by atoms with van der Waals surface area (Å²) < 4.78 is 46.9. The van der Waals surface area contributed by atoms with Crippen molar-refractivity contribution < 1.29 is 27.1 Å². The minimum Gasteiger partial charge on any atom is -0.461 e. The van der Waals surface area contributed by atoms with Crippen molar-refractivity contribution in [2.75, 3.05) is 18.5 Å². The zero-order valence-electron chi connectivity index (χ0n) is 16.4. The lowest BCUT2D eigenvalue weighted by atomic mass is 10.2. The fraction of sp³-hybridized carbons (Fsp3) is 0.368. The molecule has 1 amide bonds. The number of nitrogens with one attached hydrogen (secondary N) is 1. The van der Waals surface area contributed by atoms with Crippen molar-refractivity contribution in [1.29, 1.82) is 0 Å². The Morgan fingerprint density at radius 3 is 2.73 bits per heavy atom. The average molecular weight is 458 g/mol. The molecule has 1 N–H and O–H groups in total. The van der Waals surface area contributed by atoms with Gasteiger partial charge in [-0.1, -0.05) is 11.6 Å². The largest absolute Gasteiger partial charge is 0.461 e. The Labute approximate surface area is 178 Å². The average Bonchev–Trinajstić information content (AvgIpc) is 3.32. The zero-order valence-corrected chi connectivity index (χ0v) is 18.0. The van der Waals surface area contributed by atoms with Crippen LogP contribution in [0.3, 0.4) is 0 Å². The maximum absolute atomic E-state index is 13.2. The third-order valence-electron chi connectivity index (χ3n) is 4.77. The van der Waals surface area contributed by atoms with Gasteiger partial charge in [-0.3, -0.25) is 4.79 Å². The molecule has 30 heavy (non-hydrogen) atoms. The quantitative estimate of drug-likeness (QED) is 0.672. The number of esters is 1. The zero-order chi connectivity index (χ0) is 22.1. The van der Waals surface area contributed by atoms with Crippen LogP contribution in [0, 0.1) is 5.82 Å². The summed E-state index contributed by atoms with van der Waals surface area (Å²) in [7, 11) is -2.50. The van der Waals surface area contributed by atoms with Gasteiger partial charge < -0.3 is 14.6 Å². The van der Waals surface area contributed by atoms with Crippen LogP contribution in [0.2, 0.25) is 5.02 Å². The van der Waals surface area contributed by atoms with Crippen LogP contribution in [-0.4, -0.2) is 48.4 Å². The molecule has 11 heteroatoms. The summed E-state index contributed by atoms with van der Waals surface area (Å²) in [6.45, 7) is 1.97. The van der Waals surface area contributed by atoms with Gasteiger partial charge in [-0.2, -0.15) is 4.31 Å². The normalized spacial score (nSPS) is 17.1. The number of sulfonamides is 1. The van der Waals surface area contributed by atoms with E-state index in [1.807, 2.05) is 0 Å². The van der Waals surface area contributed by atoms with E-state index >= 15 is 0 Å². The maximum Gasteiger partial charge on any atom is 0.354 e. The number of aryl methyl sites for hydroxylation is 1. The molecule has 1 saturated heterocycles. The molecule has 1 aliphatic heterocycles. The van der Waals surface area contributed by atoms with E-state index in [9.17, 15) is 22.4 Å². The van der Waals surface area contributed by atoms with Crippen molar-refractivity contribution >= 4 is 39.2 Å². The van der Waals surface area contributed by atoms with Crippen molar-refractivity contribution in [2.45, 2.75) is 30.7 Å². The minimum absolute atomic E-state index is 0.0119. The highest BCUT2D eigenvalue weighted by molar-refractivity contribution is 7.89. The molecule has 1 aromatic heterocycles. The van der Waals surface area contributed by atoms with Crippen LogP contribution < -0.4 is 5.32 Å². The van der Waals surface area contributed by atoms with Gasteiger partial charge in [0.25, 0.3) is 0 Å². The summed E-state index contributed by atoms with van der Waals surface area (Å²) in [4.78, 5) is 24.7. The number of halogens is 2. The number of ether oxygens (including phenoxy) is 1. The standard InChI is InChI=1S/C19H21ClFN3O5S/c1-3-29-19(26)17-10-13(11-23(17)2)30(27,28)24-8-4-5-16(24)18(25)22-15-7-6-12(21)9-14(15)20/h6-7,9-11,16H,3-5,8H2,1-2H3,(H,22,25)/t16-/m1/s1. The number of amides is 1. The molecule has 1 atom stereocenters. The second-order valence-electron chi connectivity index (χ2n) is 6.78. The Morgan fingerprint density at radius 2 is 2.07 bits per heavy atom. The number of hydrogen-bond acceptors (Lipinski definition) is 5. The first-order valence-electron chi connectivity index (χ1n) is 9.26. The van der Waals surface area contributed by atoms with Gasteiger partial charge in [0.2, 0.25) is 15.9 Å². The third kappa shape index (κ3) is 4.35.